The molecule has 2 saturated heterocycles. The average molecular weight is 385 g/mol. The van der Waals surface area contributed by atoms with Gasteiger partial charge in [-0.05, 0) is 24.3 Å². The van der Waals surface area contributed by atoms with E-state index in [1.165, 1.54) is 29.7 Å². The molecule has 1 aromatic carbocycles. The molecule has 3 amide bonds. The lowest BCUT2D eigenvalue weighted by Crippen LogP contribution is -2.48. The Kier molecular flexibility index (Phi) is 6.27. The molecule has 3 aliphatic rings. The van der Waals surface area contributed by atoms with Crippen molar-refractivity contribution in [2.75, 3.05) is 39.3 Å². The molecule has 1 saturated carbocycles. The number of piperazine rings is 1. The van der Waals surface area contributed by atoms with Crippen LogP contribution in [0.4, 0.5) is 4.79 Å². The summed E-state index contributed by atoms with van der Waals surface area (Å²) in [6.07, 6.45) is 5.74. The van der Waals surface area contributed by atoms with E-state index in [9.17, 15) is 9.59 Å². The van der Waals surface area contributed by atoms with Gasteiger partial charge in [0.1, 0.15) is 6.04 Å². The molecule has 3 fully saturated rings. The molecule has 1 unspecified atom stereocenters. The van der Waals surface area contributed by atoms with Crippen LogP contribution in [0.25, 0.3) is 0 Å². The highest BCUT2D eigenvalue weighted by Crippen LogP contribution is 2.29. The van der Waals surface area contributed by atoms with Gasteiger partial charge in [0.15, 0.2) is 0 Å². The Bertz CT molecular complexity index is 666. The first-order valence-corrected chi connectivity index (χ1v) is 10.8. The molecule has 0 bridgehead atoms. The summed E-state index contributed by atoms with van der Waals surface area (Å²) in [5.74, 6) is 0.330. The fraction of sp³-hybridized carbons (Fsp3) is 0.636. The highest BCUT2D eigenvalue weighted by Gasteiger charge is 2.42. The zero-order valence-electron chi connectivity index (χ0n) is 16.7. The smallest absolute Gasteiger partial charge is 0.324 e. The Balaban J connectivity index is 1.22. The molecule has 0 radical (unpaired) electrons. The van der Waals surface area contributed by atoms with Crippen molar-refractivity contribution in [2.45, 2.75) is 44.7 Å². The van der Waals surface area contributed by atoms with Gasteiger partial charge in [-0.1, -0.05) is 49.6 Å². The first kappa shape index (κ1) is 19.4. The lowest BCUT2D eigenvalue weighted by atomic mass is 9.84. The Morgan fingerprint density at radius 1 is 0.857 bits per heavy atom. The third-order valence-corrected chi connectivity index (χ3v) is 6.53. The van der Waals surface area contributed by atoms with E-state index in [1.54, 1.807) is 0 Å². The summed E-state index contributed by atoms with van der Waals surface area (Å²) in [6, 6.07) is 10.1. The SMILES string of the molecule is O=C1NC(C2CCCCC2)C(=O)N1CCN1CCN(Cc2ccccc2)CC1. The van der Waals surface area contributed by atoms with Crippen molar-refractivity contribution in [3.8, 4) is 0 Å². The number of rotatable bonds is 6. The van der Waals surface area contributed by atoms with Crippen LogP contribution in [0.2, 0.25) is 0 Å². The van der Waals surface area contributed by atoms with Crippen molar-refractivity contribution in [1.82, 2.24) is 20.0 Å². The van der Waals surface area contributed by atoms with Gasteiger partial charge in [0.05, 0.1) is 0 Å². The molecule has 6 nitrogen and oxygen atoms in total. The molecule has 152 valence electrons. The minimum atomic E-state index is -0.282. The first-order valence-electron chi connectivity index (χ1n) is 10.8. The topological polar surface area (TPSA) is 55.9 Å². The number of urea groups is 1. The van der Waals surface area contributed by atoms with Gasteiger partial charge in [0.25, 0.3) is 5.91 Å². The van der Waals surface area contributed by atoms with Gasteiger partial charge < -0.3 is 5.32 Å². The van der Waals surface area contributed by atoms with Crippen LogP contribution in [0.5, 0.6) is 0 Å². The van der Waals surface area contributed by atoms with Crippen molar-refractivity contribution in [2.24, 2.45) is 5.92 Å². The number of amides is 3. The second kappa shape index (κ2) is 9.05. The Morgan fingerprint density at radius 2 is 1.54 bits per heavy atom. The predicted octanol–water partition coefficient (Wildman–Crippen LogP) is 2.30. The van der Waals surface area contributed by atoms with E-state index in [2.05, 4.69) is 45.4 Å². The van der Waals surface area contributed by atoms with Gasteiger partial charge in [-0.25, -0.2) is 4.79 Å². The number of nitrogens with one attached hydrogen (secondary N) is 1. The van der Waals surface area contributed by atoms with Crippen LogP contribution in [0.3, 0.4) is 0 Å². The van der Waals surface area contributed by atoms with Gasteiger partial charge in [-0.3, -0.25) is 19.5 Å². The molecule has 2 aliphatic heterocycles. The van der Waals surface area contributed by atoms with Gasteiger partial charge in [0.2, 0.25) is 0 Å². The molecular formula is C22H32N4O2. The van der Waals surface area contributed by atoms with Gasteiger partial charge >= 0.3 is 6.03 Å². The maximum Gasteiger partial charge on any atom is 0.324 e. The van der Waals surface area contributed by atoms with E-state index < -0.39 is 0 Å². The number of nitrogens with zero attached hydrogens (tertiary/aromatic N) is 3. The van der Waals surface area contributed by atoms with E-state index in [-0.39, 0.29) is 18.0 Å². The number of hydrogen-bond acceptors (Lipinski definition) is 4. The third kappa shape index (κ3) is 4.55. The van der Waals surface area contributed by atoms with Crippen LogP contribution in [-0.4, -0.2) is 71.9 Å². The van der Waals surface area contributed by atoms with E-state index in [0.29, 0.717) is 12.5 Å². The lowest BCUT2D eigenvalue weighted by Gasteiger charge is -2.35. The van der Waals surface area contributed by atoms with Crippen LogP contribution in [-0.2, 0) is 11.3 Å². The summed E-state index contributed by atoms with van der Waals surface area (Å²) >= 11 is 0. The number of carbonyl (C=O) groups excluding carboxylic acids is 2. The molecule has 1 atom stereocenters. The molecule has 1 aliphatic carbocycles. The molecule has 2 heterocycles. The molecule has 4 rings (SSSR count). The fourth-order valence-corrected chi connectivity index (χ4v) is 4.79. The summed E-state index contributed by atoms with van der Waals surface area (Å²) in [6.45, 7) is 6.30. The minimum Gasteiger partial charge on any atom is -0.326 e. The van der Waals surface area contributed by atoms with E-state index in [4.69, 9.17) is 0 Å². The number of carbonyl (C=O) groups is 2. The second-order valence-corrected chi connectivity index (χ2v) is 8.42. The first-order chi connectivity index (χ1) is 13.7. The van der Waals surface area contributed by atoms with E-state index >= 15 is 0 Å². The molecule has 1 N–H and O–H groups in total. The summed E-state index contributed by atoms with van der Waals surface area (Å²) in [5.41, 5.74) is 1.35. The summed E-state index contributed by atoms with van der Waals surface area (Å²) in [4.78, 5) is 31.4. The van der Waals surface area contributed by atoms with Crippen molar-refractivity contribution in [1.29, 1.82) is 0 Å². The highest BCUT2D eigenvalue weighted by atomic mass is 16.2. The molecule has 0 spiro atoms. The van der Waals surface area contributed by atoms with E-state index in [0.717, 1.165) is 52.1 Å². The highest BCUT2D eigenvalue weighted by molar-refractivity contribution is 6.04. The van der Waals surface area contributed by atoms with Crippen LogP contribution < -0.4 is 5.32 Å². The average Bonchev–Trinajstić information content (AvgIpc) is 3.02. The van der Waals surface area contributed by atoms with Gasteiger partial charge in [0, 0.05) is 45.8 Å². The fourth-order valence-electron chi connectivity index (χ4n) is 4.79. The minimum absolute atomic E-state index is 0.000358. The molecule has 28 heavy (non-hydrogen) atoms. The Hall–Kier alpha value is -1.92. The summed E-state index contributed by atoms with van der Waals surface area (Å²) in [5, 5.41) is 2.96. The van der Waals surface area contributed by atoms with Crippen LogP contribution >= 0.6 is 0 Å². The van der Waals surface area contributed by atoms with Crippen LogP contribution in [0.15, 0.2) is 30.3 Å². The third-order valence-electron chi connectivity index (χ3n) is 6.53. The Labute approximate surface area is 167 Å². The van der Waals surface area contributed by atoms with Crippen molar-refractivity contribution in [3.63, 3.8) is 0 Å². The largest absolute Gasteiger partial charge is 0.326 e. The predicted molar refractivity (Wildman–Crippen MR) is 109 cm³/mol. The van der Waals surface area contributed by atoms with E-state index in [1.807, 2.05) is 0 Å². The molecule has 0 aromatic heterocycles. The van der Waals surface area contributed by atoms with Crippen molar-refractivity contribution >= 4 is 11.9 Å². The summed E-state index contributed by atoms with van der Waals surface area (Å²) in [7, 11) is 0. The molecule has 1 aromatic rings. The zero-order valence-corrected chi connectivity index (χ0v) is 16.7. The van der Waals surface area contributed by atoms with Crippen molar-refractivity contribution < 1.29 is 9.59 Å². The molecule has 6 heteroatoms. The quantitative estimate of drug-likeness (QED) is 0.765. The normalized spacial score (nSPS) is 25.3. The number of imide groups is 1. The lowest BCUT2D eigenvalue weighted by molar-refractivity contribution is -0.129. The standard InChI is InChI=1S/C22H32N4O2/c27-21-20(19-9-5-2-6-10-19)23-22(28)26(21)16-15-24-11-13-25(14-12-24)17-18-7-3-1-4-8-18/h1,3-4,7-8,19-20H,2,5-6,9-17H2,(H,23,28). The van der Waals surface area contributed by atoms with Crippen LogP contribution in [0, 0.1) is 5.92 Å². The van der Waals surface area contributed by atoms with Gasteiger partial charge in [-0.15, -0.1) is 0 Å². The maximum absolute atomic E-state index is 12.8. The zero-order chi connectivity index (χ0) is 19.3. The maximum atomic E-state index is 12.8. The van der Waals surface area contributed by atoms with Gasteiger partial charge in [-0.2, -0.15) is 0 Å². The Morgan fingerprint density at radius 3 is 2.25 bits per heavy atom. The second-order valence-electron chi connectivity index (χ2n) is 8.42. The van der Waals surface area contributed by atoms with Crippen LogP contribution in [0.1, 0.15) is 37.7 Å². The molecular weight excluding hydrogens is 352 g/mol. The number of hydrogen-bond donors (Lipinski definition) is 1. The monoisotopic (exact) mass is 384 g/mol. The summed E-state index contributed by atoms with van der Waals surface area (Å²) < 4.78 is 0. The van der Waals surface area contributed by atoms with Crippen molar-refractivity contribution in [3.05, 3.63) is 35.9 Å². The number of benzene rings is 1.